The number of hydrogen-bond acceptors (Lipinski definition) is 2. The van der Waals surface area contributed by atoms with Crippen LogP contribution in [0.5, 0.6) is 0 Å². The number of nitrogens with one attached hydrogen (secondary N) is 1. The van der Waals surface area contributed by atoms with Crippen molar-refractivity contribution in [2.24, 2.45) is 0 Å². The summed E-state index contributed by atoms with van der Waals surface area (Å²) in [7, 11) is 0. The highest BCUT2D eigenvalue weighted by Crippen LogP contribution is 2.32. The molecule has 1 aliphatic rings. The van der Waals surface area contributed by atoms with Gasteiger partial charge in [0.2, 0.25) is 0 Å². The molecule has 1 aliphatic heterocycles. The molecule has 0 unspecified atom stereocenters. The van der Waals surface area contributed by atoms with Crippen molar-refractivity contribution < 1.29 is 18.0 Å². The molecular weight excluding hydrogens is 377 g/mol. The molecular formula is C23H21F3N2O. The van der Waals surface area contributed by atoms with Gasteiger partial charge in [0, 0.05) is 48.7 Å². The summed E-state index contributed by atoms with van der Waals surface area (Å²) in [5.74, 6) is 0.0927. The van der Waals surface area contributed by atoms with Crippen molar-refractivity contribution in [3.63, 3.8) is 0 Å². The van der Waals surface area contributed by atoms with Gasteiger partial charge in [0.05, 0.1) is 5.56 Å². The molecule has 0 fully saturated rings. The smallest absolute Gasteiger partial charge is 0.360 e. The average Bonchev–Trinajstić information content (AvgIpc) is 3.16. The first kappa shape index (κ1) is 19.5. The number of carbonyl (C=O) groups is 1. The molecule has 2 aromatic carbocycles. The van der Waals surface area contributed by atoms with Crippen molar-refractivity contribution in [2.45, 2.75) is 19.0 Å². The third-order valence-corrected chi connectivity index (χ3v) is 5.40. The molecule has 3 aromatic rings. The van der Waals surface area contributed by atoms with Gasteiger partial charge in [-0.25, -0.2) is 0 Å². The summed E-state index contributed by atoms with van der Waals surface area (Å²) in [5.41, 5.74) is 2.58. The van der Waals surface area contributed by atoms with Crippen LogP contribution in [-0.2, 0) is 6.18 Å². The van der Waals surface area contributed by atoms with E-state index in [0.717, 1.165) is 29.1 Å². The summed E-state index contributed by atoms with van der Waals surface area (Å²) in [5, 5.41) is 0.933. The fraction of sp³-hybridized carbons (Fsp3) is 0.261. The highest BCUT2D eigenvalue weighted by Gasteiger charge is 2.30. The van der Waals surface area contributed by atoms with Gasteiger partial charge < -0.3 is 4.98 Å². The fourth-order valence-corrected chi connectivity index (χ4v) is 3.77. The minimum atomic E-state index is -4.33. The van der Waals surface area contributed by atoms with E-state index in [4.69, 9.17) is 0 Å². The van der Waals surface area contributed by atoms with E-state index in [9.17, 15) is 18.0 Å². The van der Waals surface area contributed by atoms with E-state index in [2.05, 4.69) is 9.88 Å². The van der Waals surface area contributed by atoms with Crippen LogP contribution in [0.3, 0.4) is 0 Å². The second-order valence-corrected chi connectivity index (χ2v) is 7.28. The van der Waals surface area contributed by atoms with Crippen molar-refractivity contribution in [1.82, 2.24) is 9.88 Å². The van der Waals surface area contributed by atoms with Crippen molar-refractivity contribution >= 4 is 22.3 Å². The summed E-state index contributed by atoms with van der Waals surface area (Å²) < 4.78 is 38.8. The predicted molar refractivity (Wildman–Crippen MR) is 108 cm³/mol. The molecule has 4 rings (SSSR count). The lowest BCUT2D eigenvalue weighted by Crippen LogP contribution is -2.30. The Morgan fingerprint density at radius 2 is 1.93 bits per heavy atom. The number of Topliss-reactive ketones (excluding diaryl/α,β-unsaturated/α-hetero) is 1. The van der Waals surface area contributed by atoms with E-state index in [1.807, 2.05) is 30.3 Å². The Morgan fingerprint density at radius 1 is 1.10 bits per heavy atom. The zero-order chi connectivity index (χ0) is 20.4. The number of para-hydroxylation sites is 1. The van der Waals surface area contributed by atoms with Crippen LogP contribution in [0.1, 0.15) is 34.3 Å². The fourth-order valence-electron chi connectivity index (χ4n) is 3.77. The van der Waals surface area contributed by atoms with Crippen molar-refractivity contribution in [3.05, 3.63) is 77.5 Å². The number of H-pyrrole nitrogens is 1. The van der Waals surface area contributed by atoms with Gasteiger partial charge >= 0.3 is 6.18 Å². The van der Waals surface area contributed by atoms with Crippen molar-refractivity contribution in [1.29, 1.82) is 0 Å². The zero-order valence-electron chi connectivity index (χ0n) is 15.8. The number of benzene rings is 2. The summed E-state index contributed by atoms with van der Waals surface area (Å²) in [4.78, 5) is 17.9. The molecule has 1 N–H and O–H groups in total. The van der Waals surface area contributed by atoms with E-state index in [1.54, 1.807) is 12.3 Å². The minimum Gasteiger partial charge on any atom is -0.360 e. The molecule has 0 radical (unpaired) electrons. The van der Waals surface area contributed by atoms with Crippen LogP contribution in [0, 0.1) is 0 Å². The summed E-state index contributed by atoms with van der Waals surface area (Å²) in [6, 6.07) is 13.2. The Balaban J connectivity index is 1.37. The topological polar surface area (TPSA) is 36.1 Å². The molecule has 150 valence electrons. The molecule has 0 saturated carbocycles. The molecule has 0 spiro atoms. The maximum Gasteiger partial charge on any atom is 0.416 e. The summed E-state index contributed by atoms with van der Waals surface area (Å²) in [6.45, 7) is 1.99. The molecule has 0 saturated heterocycles. The zero-order valence-corrected chi connectivity index (χ0v) is 15.8. The Bertz CT molecular complexity index is 1070. The van der Waals surface area contributed by atoms with Crippen LogP contribution >= 0.6 is 0 Å². The Hall–Kier alpha value is -2.86. The van der Waals surface area contributed by atoms with Gasteiger partial charge in [0.15, 0.2) is 5.78 Å². The second-order valence-electron chi connectivity index (χ2n) is 7.28. The normalized spacial score (nSPS) is 15.5. The third kappa shape index (κ3) is 4.27. The molecule has 2 heterocycles. The number of fused-ring (bicyclic) bond motifs is 1. The van der Waals surface area contributed by atoms with Crippen LogP contribution in [0.2, 0.25) is 0 Å². The third-order valence-electron chi connectivity index (χ3n) is 5.40. The number of aromatic amines is 1. The van der Waals surface area contributed by atoms with Gasteiger partial charge in [-0.05, 0) is 35.8 Å². The van der Waals surface area contributed by atoms with Crippen LogP contribution in [0.25, 0.3) is 16.5 Å². The second kappa shape index (κ2) is 7.87. The maximum absolute atomic E-state index is 12.9. The van der Waals surface area contributed by atoms with Crippen LogP contribution in [-0.4, -0.2) is 35.3 Å². The number of aromatic nitrogens is 1. The number of ketones is 1. The first-order valence-corrected chi connectivity index (χ1v) is 9.60. The van der Waals surface area contributed by atoms with Gasteiger partial charge in [-0.3, -0.25) is 9.69 Å². The minimum absolute atomic E-state index is 0.0927. The highest BCUT2D eigenvalue weighted by atomic mass is 19.4. The average molecular weight is 398 g/mol. The van der Waals surface area contributed by atoms with Crippen molar-refractivity contribution in [3.8, 4) is 0 Å². The molecule has 1 aromatic heterocycles. The molecule has 0 bridgehead atoms. The largest absolute Gasteiger partial charge is 0.416 e. The monoisotopic (exact) mass is 398 g/mol. The SMILES string of the molecule is O=C(CCN1CC=C(c2cccc(C(F)(F)F)c2)CC1)c1c[nH]c2ccccc12. The number of halogens is 3. The van der Waals surface area contributed by atoms with Gasteiger partial charge in [-0.2, -0.15) is 13.2 Å². The number of rotatable bonds is 5. The predicted octanol–water partition coefficient (Wildman–Crippen LogP) is 5.55. The van der Waals surface area contributed by atoms with Crippen molar-refractivity contribution in [2.75, 3.05) is 19.6 Å². The maximum atomic E-state index is 12.9. The highest BCUT2D eigenvalue weighted by molar-refractivity contribution is 6.07. The number of alkyl halides is 3. The number of carbonyl (C=O) groups excluding carboxylic acids is 1. The quantitative estimate of drug-likeness (QED) is 0.572. The first-order chi connectivity index (χ1) is 13.9. The molecule has 0 amide bonds. The molecule has 29 heavy (non-hydrogen) atoms. The lowest BCUT2D eigenvalue weighted by Gasteiger charge is -2.26. The van der Waals surface area contributed by atoms with E-state index in [-0.39, 0.29) is 5.78 Å². The van der Waals surface area contributed by atoms with E-state index >= 15 is 0 Å². The van der Waals surface area contributed by atoms with Gasteiger partial charge in [0.1, 0.15) is 0 Å². The Kier molecular flexibility index (Phi) is 5.28. The first-order valence-electron chi connectivity index (χ1n) is 9.60. The van der Waals surface area contributed by atoms with Gasteiger partial charge in [0.25, 0.3) is 0 Å². The molecule has 3 nitrogen and oxygen atoms in total. The molecule has 0 atom stereocenters. The lowest BCUT2D eigenvalue weighted by atomic mass is 9.97. The Morgan fingerprint density at radius 3 is 2.69 bits per heavy atom. The van der Waals surface area contributed by atoms with Crippen LogP contribution < -0.4 is 0 Å². The lowest BCUT2D eigenvalue weighted by molar-refractivity contribution is -0.137. The van der Waals surface area contributed by atoms with Crippen LogP contribution in [0.15, 0.2) is 60.8 Å². The number of hydrogen-bond donors (Lipinski definition) is 1. The standard InChI is InChI=1S/C23H21F3N2O/c24-23(25,26)18-5-3-4-17(14-18)16-8-11-28(12-9-16)13-10-22(29)20-15-27-21-7-2-1-6-19(20)21/h1-8,14-15,27H,9-13H2. The van der Waals surface area contributed by atoms with Gasteiger partial charge in [-0.1, -0.05) is 36.4 Å². The number of nitrogens with zero attached hydrogens (tertiary/aromatic N) is 1. The van der Waals surface area contributed by atoms with Crippen LogP contribution in [0.4, 0.5) is 13.2 Å². The molecule has 6 heteroatoms. The van der Waals surface area contributed by atoms with Gasteiger partial charge in [-0.15, -0.1) is 0 Å². The van der Waals surface area contributed by atoms with E-state index in [0.29, 0.717) is 37.1 Å². The summed E-state index contributed by atoms with van der Waals surface area (Å²) >= 11 is 0. The van der Waals surface area contributed by atoms with E-state index < -0.39 is 11.7 Å². The Labute approximate surface area is 166 Å². The molecule has 0 aliphatic carbocycles. The van der Waals surface area contributed by atoms with E-state index in [1.165, 1.54) is 12.1 Å². The summed E-state index contributed by atoms with van der Waals surface area (Å²) in [6.07, 6.45) is 0.473.